The highest BCUT2D eigenvalue weighted by Gasteiger charge is 2.27. The Morgan fingerprint density at radius 2 is 1.79 bits per heavy atom. The van der Waals surface area contributed by atoms with Crippen molar-refractivity contribution in [2.75, 3.05) is 14.1 Å². The maximum atomic E-state index is 13.1. The van der Waals surface area contributed by atoms with Crippen LogP contribution in [0.1, 0.15) is 12.0 Å². The second-order valence-electron chi connectivity index (χ2n) is 7.69. The Hall–Kier alpha value is -3.41. The highest BCUT2D eigenvalue weighted by atomic mass is 16.2. The van der Waals surface area contributed by atoms with E-state index in [0.29, 0.717) is 36.2 Å². The molecule has 146 valence electrons. The topological polar surface area (TPSA) is 60.1 Å². The van der Waals surface area contributed by atoms with Crippen molar-refractivity contribution in [3.05, 3.63) is 64.4 Å². The van der Waals surface area contributed by atoms with E-state index in [1.165, 1.54) is 10.9 Å². The monoisotopic (exact) mass is 386 g/mol. The van der Waals surface area contributed by atoms with Gasteiger partial charge in [0.15, 0.2) is 5.82 Å². The molecule has 1 aliphatic heterocycles. The van der Waals surface area contributed by atoms with Crippen molar-refractivity contribution >= 4 is 27.7 Å². The Labute approximate surface area is 168 Å². The zero-order chi connectivity index (χ0) is 20.1. The summed E-state index contributed by atoms with van der Waals surface area (Å²) in [6.07, 6.45) is 1.17. The molecule has 0 saturated heterocycles. The van der Waals surface area contributed by atoms with E-state index in [0.717, 1.165) is 17.6 Å². The number of amides is 1. The fourth-order valence-electron chi connectivity index (χ4n) is 4.33. The number of nitrogens with zero attached hydrogens (tertiary/aromatic N) is 4. The third-order valence-electron chi connectivity index (χ3n) is 5.78. The summed E-state index contributed by atoms with van der Waals surface area (Å²) in [6, 6.07) is 15.7. The lowest BCUT2D eigenvalue weighted by molar-refractivity contribution is -0.128. The van der Waals surface area contributed by atoms with Gasteiger partial charge in [0.25, 0.3) is 5.56 Å². The minimum Gasteiger partial charge on any atom is -0.349 e. The van der Waals surface area contributed by atoms with Crippen molar-refractivity contribution in [2.24, 2.45) is 0 Å². The molecule has 2 aromatic carbocycles. The van der Waals surface area contributed by atoms with Crippen LogP contribution in [0.5, 0.6) is 0 Å². The SMILES string of the molecule is CN(C)C(=O)CCn1c2c(c3ccccc31)CCn1c-2nc2ccccc2c1=O. The number of carbonyl (C=O) groups excluding carboxylic acids is 1. The lowest BCUT2D eigenvalue weighted by Crippen LogP contribution is -2.28. The lowest BCUT2D eigenvalue weighted by atomic mass is 10.0. The number of rotatable bonds is 3. The molecule has 0 atom stereocenters. The molecule has 4 aromatic rings. The van der Waals surface area contributed by atoms with Crippen molar-refractivity contribution < 1.29 is 4.79 Å². The third kappa shape index (κ3) is 2.67. The number of fused-ring (bicyclic) bond motifs is 6. The second kappa shape index (κ2) is 6.58. The van der Waals surface area contributed by atoms with Gasteiger partial charge in [-0.15, -0.1) is 0 Å². The van der Waals surface area contributed by atoms with Crippen molar-refractivity contribution in [2.45, 2.75) is 25.9 Å². The van der Waals surface area contributed by atoms with E-state index in [2.05, 4.69) is 16.7 Å². The molecule has 0 bridgehead atoms. The Morgan fingerprint density at radius 3 is 2.59 bits per heavy atom. The van der Waals surface area contributed by atoms with Gasteiger partial charge in [0.05, 0.1) is 16.6 Å². The second-order valence-corrected chi connectivity index (χ2v) is 7.69. The summed E-state index contributed by atoms with van der Waals surface area (Å²) < 4.78 is 3.95. The third-order valence-corrected chi connectivity index (χ3v) is 5.78. The first-order chi connectivity index (χ1) is 14.1. The minimum absolute atomic E-state index is 0.00239. The van der Waals surface area contributed by atoms with Crippen LogP contribution in [0.25, 0.3) is 33.3 Å². The van der Waals surface area contributed by atoms with Gasteiger partial charge in [-0.25, -0.2) is 4.98 Å². The number of aryl methyl sites for hydroxylation is 2. The van der Waals surface area contributed by atoms with Crippen LogP contribution in [0, 0.1) is 0 Å². The van der Waals surface area contributed by atoms with E-state index in [1.807, 2.05) is 36.4 Å². The highest BCUT2D eigenvalue weighted by Crippen LogP contribution is 2.36. The van der Waals surface area contributed by atoms with Gasteiger partial charge in [0.2, 0.25) is 5.91 Å². The molecule has 0 unspecified atom stereocenters. The molecule has 0 saturated carbocycles. The van der Waals surface area contributed by atoms with Gasteiger partial charge >= 0.3 is 0 Å². The number of benzene rings is 2. The molecule has 6 heteroatoms. The normalized spacial score (nSPS) is 12.8. The molecule has 5 rings (SSSR count). The van der Waals surface area contributed by atoms with Gasteiger partial charge in [-0.3, -0.25) is 14.2 Å². The fourth-order valence-corrected chi connectivity index (χ4v) is 4.33. The molecule has 2 aromatic heterocycles. The average molecular weight is 386 g/mol. The van der Waals surface area contributed by atoms with Crippen LogP contribution < -0.4 is 5.56 Å². The maximum absolute atomic E-state index is 13.1. The number of hydrogen-bond donors (Lipinski definition) is 0. The Morgan fingerprint density at radius 1 is 1.07 bits per heavy atom. The predicted octanol–water partition coefficient (Wildman–Crippen LogP) is 3.05. The fraction of sp³-hybridized carbons (Fsp3) is 0.261. The molecule has 1 aliphatic rings. The lowest BCUT2D eigenvalue weighted by Gasteiger charge is -2.21. The maximum Gasteiger partial charge on any atom is 0.261 e. The zero-order valence-electron chi connectivity index (χ0n) is 16.6. The van der Waals surface area contributed by atoms with Crippen LogP contribution in [-0.4, -0.2) is 39.0 Å². The van der Waals surface area contributed by atoms with Crippen molar-refractivity contribution in [1.82, 2.24) is 19.0 Å². The van der Waals surface area contributed by atoms with Crippen LogP contribution >= 0.6 is 0 Å². The highest BCUT2D eigenvalue weighted by molar-refractivity contribution is 5.92. The summed E-state index contributed by atoms with van der Waals surface area (Å²) in [6.45, 7) is 1.17. The van der Waals surface area contributed by atoms with Crippen LogP contribution in [-0.2, 0) is 24.3 Å². The summed E-state index contributed by atoms with van der Waals surface area (Å²) in [4.78, 5) is 31.9. The van der Waals surface area contributed by atoms with E-state index in [-0.39, 0.29) is 11.5 Å². The summed E-state index contributed by atoms with van der Waals surface area (Å²) in [5, 5.41) is 1.82. The summed E-state index contributed by atoms with van der Waals surface area (Å²) in [5.41, 5.74) is 3.96. The van der Waals surface area contributed by atoms with Gasteiger partial charge in [0, 0.05) is 44.5 Å². The van der Waals surface area contributed by atoms with Gasteiger partial charge in [0.1, 0.15) is 0 Å². The molecule has 6 nitrogen and oxygen atoms in total. The van der Waals surface area contributed by atoms with E-state index >= 15 is 0 Å². The average Bonchev–Trinajstić information content (AvgIpc) is 3.06. The zero-order valence-corrected chi connectivity index (χ0v) is 16.6. The number of para-hydroxylation sites is 2. The van der Waals surface area contributed by atoms with Crippen LogP contribution in [0.3, 0.4) is 0 Å². The molecule has 29 heavy (non-hydrogen) atoms. The molecule has 0 fully saturated rings. The van der Waals surface area contributed by atoms with Gasteiger partial charge in [-0.1, -0.05) is 30.3 Å². The molecule has 0 radical (unpaired) electrons. The molecule has 0 aliphatic carbocycles. The van der Waals surface area contributed by atoms with Crippen molar-refractivity contribution in [3.63, 3.8) is 0 Å². The first-order valence-electron chi connectivity index (χ1n) is 9.86. The van der Waals surface area contributed by atoms with Gasteiger partial charge in [-0.2, -0.15) is 0 Å². The summed E-state index contributed by atoms with van der Waals surface area (Å²) in [7, 11) is 3.54. The standard InChI is InChI=1S/C23H22N4O2/c1-25(2)20(28)12-14-26-19-10-6-4-7-15(19)16-11-13-27-22(21(16)26)24-18-9-5-3-8-17(18)23(27)29/h3-10H,11-14H2,1-2H3. The Bertz CT molecular complexity index is 1330. The molecule has 0 N–H and O–H groups in total. The van der Waals surface area contributed by atoms with Crippen LogP contribution in [0.15, 0.2) is 53.3 Å². The smallest absolute Gasteiger partial charge is 0.261 e. The molecular formula is C23H22N4O2. The van der Waals surface area contributed by atoms with Crippen LogP contribution in [0.2, 0.25) is 0 Å². The molecule has 0 spiro atoms. The minimum atomic E-state index is -0.00239. The van der Waals surface area contributed by atoms with E-state index in [4.69, 9.17) is 4.98 Å². The predicted molar refractivity (Wildman–Crippen MR) is 114 cm³/mol. The first-order valence-corrected chi connectivity index (χ1v) is 9.86. The molecule has 1 amide bonds. The van der Waals surface area contributed by atoms with E-state index in [9.17, 15) is 9.59 Å². The Kier molecular flexibility index (Phi) is 4.01. The van der Waals surface area contributed by atoms with Gasteiger partial charge < -0.3 is 9.47 Å². The summed E-state index contributed by atoms with van der Waals surface area (Å²) >= 11 is 0. The van der Waals surface area contributed by atoms with Crippen LogP contribution in [0.4, 0.5) is 0 Å². The molecular weight excluding hydrogens is 364 g/mol. The van der Waals surface area contributed by atoms with E-state index in [1.54, 1.807) is 23.6 Å². The van der Waals surface area contributed by atoms with Gasteiger partial charge in [-0.05, 0) is 30.2 Å². The van der Waals surface area contributed by atoms with Crippen molar-refractivity contribution in [1.29, 1.82) is 0 Å². The first kappa shape index (κ1) is 17.7. The Balaban J connectivity index is 1.78. The summed E-state index contributed by atoms with van der Waals surface area (Å²) in [5.74, 6) is 0.777. The number of hydrogen-bond acceptors (Lipinski definition) is 3. The van der Waals surface area contributed by atoms with Crippen molar-refractivity contribution in [3.8, 4) is 11.5 Å². The number of aromatic nitrogens is 3. The largest absolute Gasteiger partial charge is 0.349 e. The molecule has 3 heterocycles. The quantitative estimate of drug-likeness (QED) is 0.544. The number of carbonyl (C=O) groups is 1. The van der Waals surface area contributed by atoms with E-state index < -0.39 is 0 Å².